The van der Waals surface area contributed by atoms with Crippen LogP contribution in [0.2, 0.25) is 0 Å². The van der Waals surface area contributed by atoms with Crippen LogP contribution in [-0.4, -0.2) is 14.8 Å². The smallest absolute Gasteiger partial charge is 0.131 e. The molecular formula is C47H32N4S. The van der Waals surface area contributed by atoms with Crippen molar-refractivity contribution in [2.75, 3.05) is 0 Å². The molecule has 0 radical (unpaired) electrons. The Morgan fingerprint density at radius 3 is 1.88 bits per heavy atom. The van der Waals surface area contributed by atoms with Crippen LogP contribution in [0.1, 0.15) is 11.1 Å². The average molecular weight is 685 g/mol. The SMILES string of the molecule is C=C(N=C(/C=C(\N)c1ccccc1)c1ccccc1)n1c2ccccc2c2c3c4ccccc4n(-c4ccc5sc6ccccc6c5c4)c3ccc21. The predicted molar refractivity (Wildman–Crippen MR) is 224 cm³/mol. The van der Waals surface area contributed by atoms with Crippen LogP contribution in [0, 0.1) is 0 Å². The number of benzene rings is 7. The Labute approximate surface area is 304 Å². The molecule has 3 aromatic heterocycles. The van der Waals surface area contributed by atoms with Gasteiger partial charge in [0.05, 0.1) is 27.8 Å². The van der Waals surface area contributed by atoms with Gasteiger partial charge in [-0.2, -0.15) is 0 Å². The lowest BCUT2D eigenvalue weighted by Crippen LogP contribution is -2.05. The quantitative estimate of drug-likeness (QED) is 0.174. The van der Waals surface area contributed by atoms with Crippen LogP contribution in [-0.2, 0) is 0 Å². The van der Waals surface area contributed by atoms with Gasteiger partial charge in [-0.25, -0.2) is 4.99 Å². The summed E-state index contributed by atoms with van der Waals surface area (Å²) in [4.78, 5) is 5.22. The minimum atomic E-state index is 0.611. The van der Waals surface area contributed by atoms with Gasteiger partial charge in [0.25, 0.3) is 0 Å². The molecule has 4 nitrogen and oxygen atoms in total. The molecule has 246 valence electrons. The Morgan fingerprint density at radius 1 is 0.538 bits per heavy atom. The van der Waals surface area contributed by atoms with Crippen molar-refractivity contribution >= 4 is 92.4 Å². The first-order valence-corrected chi connectivity index (χ1v) is 18.2. The second-order valence-corrected chi connectivity index (χ2v) is 14.2. The summed E-state index contributed by atoms with van der Waals surface area (Å²) in [6, 6.07) is 57.5. The van der Waals surface area contributed by atoms with E-state index in [-0.39, 0.29) is 0 Å². The first kappa shape index (κ1) is 30.2. The topological polar surface area (TPSA) is 48.2 Å². The number of hydrogen-bond donors (Lipinski definition) is 1. The van der Waals surface area contributed by atoms with Crippen molar-refractivity contribution < 1.29 is 0 Å². The van der Waals surface area contributed by atoms with E-state index in [0.29, 0.717) is 11.5 Å². The fraction of sp³-hybridized carbons (Fsp3) is 0. The number of rotatable bonds is 6. The minimum Gasteiger partial charge on any atom is -0.398 e. The second kappa shape index (κ2) is 12.0. The van der Waals surface area contributed by atoms with Gasteiger partial charge in [-0.1, -0.05) is 122 Å². The van der Waals surface area contributed by atoms with E-state index in [4.69, 9.17) is 10.7 Å². The number of nitrogens with zero attached hydrogens (tertiary/aromatic N) is 3. The van der Waals surface area contributed by atoms with E-state index >= 15 is 0 Å². The van der Waals surface area contributed by atoms with E-state index in [9.17, 15) is 0 Å². The maximum absolute atomic E-state index is 6.67. The Balaban J connectivity index is 1.22. The molecule has 0 aliphatic rings. The third kappa shape index (κ3) is 4.71. The van der Waals surface area contributed by atoms with E-state index in [1.807, 2.05) is 65.9 Å². The lowest BCUT2D eigenvalue weighted by molar-refractivity contribution is 1.18. The van der Waals surface area contributed by atoms with Gasteiger partial charge in [0, 0.05) is 58.7 Å². The summed E-state index contributed by atoms with van der Waals surface area (Å²) < 4.78 is 7.21. The summed E-state index contributed by atoms with van der Waals surface area (Å²) in [6.45, 7) is 4.59. The number of aliphatic imine (C=N–C) groups is 1. The maximum atomic E-state index is 6.67. The van der Waals surface area contributed by atoms with Crippen molar-refractivity contribution in [2.24, 2.45) is 10.7 Å². The standard InChI is InChI=1S/C47H32N4S/c1-30(49-39(32-16-6-3-7-17-32)29-38(48)31-14-4-2-5-15-31)50-40-21-11-8-19-35(40)46-42(50)25-26-43-47(46)36-20-9-12-22-41(36)51(43)33-24-27-45-37(28-33)34-18-10-13-23-44(34)52-45/h2-29H,1,48H2/b38-29-,49-39?. The molecule has 0 spiro atoms. The number of fused-ring (bicyclic) bond motifs is 10. The summed E-state index contributed by atoms with van der Waals surface area (Å²) in [5, 5.41) is 7.34. The normalized spacial score (nSPS) is 12.6. The van der Waals surface area contributed by atoms with Crippen LogP contribution in [0.15, 0.2) is 181 Å². The number of hydrogen-bond acceptors (Lipinski definition) is 3. The van der Waals surface area contributed by atoms with Crippen molar-refractivity contribution in [3.63, 3.8) is 0 Å². The van der Waals surface area contributed by atoms with Crippen molar-refractivity contribution in [3.8, 4) is 5.69 Å². The first-order chi connectivity index (χ1) is 25.6. The fourth-order valence-electron chi connectivity index (χ4n) is 7.77. The fourth-order valence-corrected chi connectivity index (χ4v) is 8.85. The molecule has 0 amide bonds. The first-order valence-electron chi connectivity index (χ1n) is 17.4. The van der Waals surface area contributed by atoms with Crippen molar-refractivity contribution in [1.82, 2.24) is 9.13 Å². The average Bonchev–Trinajstić information content (AvgIpc) is 3.85. The van der Waals surface area contributed by atoms with E-state index < -0.39 is 0 Å². The summed E-state index contributed by atoms with van der Waals surface area (Å²) in [7, 11) is 0. The third-order valence-corrected chi connectivity index (χ3v) is 11.2. The largest absolute Gasteiger partial charge is 0.398 e. The molecule has 0 unspecified atom stereocenters. The number of nitrogens with two attached hydrogens (primary N) is 1. The molecule has 52 heavy (non-hydrogen) atoms. The number of aromatic nitrogens is 2. The summed E-state index contributed by atoms with van der Waals surface area (Å²) in [5.74, 6) is 0.611. The number of thiophene rings is 1. The van der Waals surface area contributed by atoms with E-state index in [0.717, 1.165) is 44.5 Å². The molecule has 7 aromatic carbocycles. The van der Waals surface area contributed by atoms with Crippen LogP contribution in [0.5, 0.6) is 0 Å². The Morgan fingerprint density at radius 2 is 1.12 bits per heavy atom. The van der Waals surface area contributed by atoms with Gasteiger partial charge in [-0.05, 0) is 60.2 Å². The van der Waals surface area contributed by atoms with Gasteiger partial charge in [-0.15, -0.1) is 11.3 Å². The van der Waals surface area contributed by atoms with E-state index in [1.165, 1.54) is 41.8 Å². The van der Waals surface area contributed by atoms with Crippen LogP contribution in [0.25, 0.3) is 81.0 Å². The molecular weight excluding hydrogens is 653 g/mol. The highest BCUT2D eigenvalue weighted by atomic mass is 32.1. The molecule has 10 rings (SSSR count). The van der Waals surface area contributed by atoms with E-state index in [1.54, 1.807) is 0 Å². The highest BCUT2D eigenvalue weighted by Crippen LogP contribution is 2.43. The molecule has 5 heteroatoms. The predicted octanol–water partition coefficient (Wildman–Crippen LogP) is 12.2. The Hall–Kier alpha value is -6.69. The molecule has 0 atom stereocenters. The Bertz CT molecular complexity index is 3080. The molecule has 3 heterocycles. The van der Waals surface area contributed by atoms with Crippen molar-refractivity contribution in [3.05, 3.63) is 188 Å². The summed E-state index contributed by atoms with van der Waals surface area (Å²) in [5.41, 5.74) is 15.5. The lowest BCUT2D eigenvalue weighted by atomic mass is 10.1. The van der Waals surface area contributed by atoms with Crippen LogP contribution in [0.3, 0.4) is 0 Å². The molecule has 2 N–H and O–H groups in total. The maximum Gasteiger partial charge on any atom is 0.131 e. The number of para-hydroxylation sites is 2. The van der Waals surface area contributed by atoms with Crippen LogP contribution >= 0.6 is 11.3 Å². The zero-order chi connectivity index (χ0) is 34.8. The lowest BCUT2D eigenvalue weighted by Gasteiger charge is -2.11. The van der Waals surface area contributed by atoms with Gasteiger partial charge in [0.2, 0.25) is 0 Å². The third-order valence-electron chi connectivity index (χ3n) is 10.1. The summed E-state index contributed by atoms with van der Waals surface area (Å²) >= 11 is 1.85. The monoisotopic (exact) mass is 684 g/mol. The molecule has 10 aromatic rings. The van der Waals surface area contributed by atoms with Gasteiger partial charge in [0.15, 0.2) is 0 Å². The van der Waals surface area contributed by atoms with Gasteiger partial charge >= 0.3 is 0 Å². The second-order valence-electron chi connectivity index (χ2n) is 13.1. The van der Waals surface area contributed by atoms with Crippen molar-refractivity contribution in [1.29, 1.82) is 0 Å². The number of allylic oxidation sites excluding steroid dienone is 1. The zero-order valence-electron chi connectivity index (χ0n) is 28.2. The molecule has 0 bridgehead atoms. The van der Waals surface area contributed by atoms with Gasteiger partial charge < -0.3 is 10.3 Å². The van der Waals surface area contributed by atoms with Crippen LogP contribution in [0.4, 0.5) is 0 Å². The molecule has 0 saturated carbocycles. The van der Waals surface area contributed by atoms with Crippen molar-refractivity contribution in [2.45, 2.75) is 0 Å². The van der Waals surface area contributed by atoms with Crippen LogP contribution < -0.4 is 5.73 Å². The highest BCUT2D eigenvalue weighted by Gasteiger charge is 2.21. The molecule has 0 fully saturated rings. The minimum absolute atomic E-state index is 0.611. The summed E-state index contributed by atoms with van der Waals surface area (Å²) in [6.07, 6.45) is 1.95. The highest BCUT2D eigenvalue weighted by molar-refractivity contribution is 7.25. The molecule has 0 saturated heterocycles. The van der Waals surface area contributed by atoms with Gasteiger partial charge in [0.1, 0.15) is 5.82 Å². The van der Waals surface area contributed by atoms with E-state index in [2.05, 4.69) is 131 Å². The Kier molecular flexibility index (Phi) is 6.95. The molecule has 0 aliphatic heterocycles. The van der Waals surface area contributed by atoms with Gasteiger partial charge in [-0.3, -0.25) is 4.57 Å². The molecule has 0 aliphatic carbocycles. The zero-order valence-corrected chi connectivity index (χ0v) is 29.0.